The first kappa shape index (κ1) is 12.1. The van der Waals surface area contributed by atoms with Gasteiger partial charge in [-0.25, -0.2) is 0 Å². The second-order valence-electron chi connectivity index (χ2n) is 4.08. The van der Waals surface area contributed by atoms with Gasteiger partial charge in [0.25, 0.3) is 0 Å². The van der Waals surface area contributed by atoms with Gasteiger partial charge in [-0.1, -0.05) is 52.3 Å². The summed E-state index contributed by atoms with van der Waals surface area (Å²) in [7, 11) is 0. The molecule has 2 rings (SSSR count). The molecule has 0 bridgehead atoms. The molecule has 0 saturated carbocycles. The van der Waals surface area contributed by atoms with E-state index in [0.29, 0.717) is 0 Å². The topological polar surface area (TPSA) is 17.1 Å². The number of halogens is 1. The van der Waals surface area contributed by atoms with Crippen LogP contribution in [0.15, 0.2) is 46.9 Å². The van der Waals surface area contributed by atoms with Crippen LogP contribution in [0.1, 0.15) is 27.0 Å². The number of ketones is 1. The van der Waals surface area contributed by atoms with E-state index in [9.17, 15) is 4.79 Å². The smallest absolute Gasteiger partial charge is 0.194 e. The molecule has 0 spiro atoms. The van der Waals surface area contributed by atoms with Gasteiger partial charge in [-0.05, 0) is 31.0 Å². The van der Waals surface area contributed by atoms with Crippen LogP contribution in [0.4, 0.5) is 0 Å². The van der Waals surface area contributed by atoms with E-state index in [4.69, 9.17) is 0 Å². The third kappa shape index (κ3) is 2.32. The van der Waals surface area contributed by atoms with Crippen LogP contribution < -0.4 is 0 Å². The molecule has 0 fully saturated rings. The first-order valence-corrected chi connectivity index (χ1v) is 6.26. The third-order valence-corrected chi connectivity index (χ3v) is 3.50. The Morgan fingerprint density at radius 1 is 0.941 bits per heavy atom. The summed E-state index contributed by atoms with van der Waals surface area (Å²) in [4.78, 5) is 12.5. The average molecular weight is 289 g/mol. The summed E-state index contributed by atoms with van der Waals surface area (Å²) in [5.74, 6) is 0.0769. The Labute approximate surface area is 110 Å². The van der Waals surface area contributed by atoms with Gasteiger partial charge in [-0.3, -0.25) is 4.79 Å². The lowest BCUT2D eigenvalue weighted by Gasteiger charge is -2.09. The molecule has 0 N–H and O–H groups in total. The fourth-order valence-electron chi connectivity index (χ4n) is 1.88. The SMILES string of the molecule is Cc1ccccc1C(=O)c1c(C)cccc1Br. The van der Waals surface area contributed by atoms with Crippen LogP contribution in [0.5, 0.6) is 0 Å². The number of hydrogen-bond donors (Lipinski definition) is 0. The number of carbonyl (C=O) groups is 1. The summed E-state index contributed by atoms with van der Waals surface area (Å²) in [5, 5.41) is 0. The van der Waals surface area contributed by atoms with Crippen molar-refractivity contribution in [2.45, 2.75) is 13.8 Å². The number of rotatable bonds is 2. The predicted octanol–water partition coefficient (Wildman–Crippen LogP) is 4.30. The second-order valence-corrected chi connectivity index (χ2v) is 4.93. The van der Waals surface area contributed by atoms with Crippen LogP contribution in [-0.4, -0.2) is 5.78 Å². The van der Waals surface area contributed by atoms with Gasteiger partial charge in [-0.2, -0.15) is 0 Å². The van der Waals surface area contributed by atoms with Gasteiger partial charge in [0.15, 0.2) is 5.78 Å². The van der Waals surface area contributed by atoms with E-state index in [-0.39, 0.29) is 5.78 Å². The van der Waals surface area contributed by atoms with Gasteiger partial charge < -0.3 is 0 Å². The predicted molar refractivity (Wildman–Crippen MR) is 73.5 cm³/mol. The van der Waals surface area contributed by atoms with Crippen LogP contribution in [0.2, 0.25) is 0 Å². The molecule has 0 unspecified atom stereocenters. The normalized spacial score (nSPS) is 10.3. The van der Waals surface area contributed by atoms with Gasteiger partial charge in [0.05, 0.1) is 0 Å². The minimum atomic E-state index is 0.0769. The van der Waals surface area contributed by atoms with Crippen molar-refractivity contribution in [2.75, 3.05) is 0 Å². The molecule has 0 heterocycles. The zero-order chi connectivity index (χ0) is 12.4. The summed E-state index contributed by atoms with van der Waals surface area (Å²) < 4.78 is 0.853. The van der Waals surface area contributed by atoms with Crippen molar-refractivity contribution in [3.8, 4) is 0 Å². The molecule has 0 aromatic heterocycles. The maximum Gasteiger partial charge on any atom is 0.194 e. The van der Waals surface area contributed by atoms with Gasteiger partial charge in [0.1, 0.15) is 0 Å². The Morgan fingerprint density at radius 2 is 1.59 bits per heavy atom. The van der Waals surface area contributed by atoms with Crippen LogP contribution >= 0.6 is 15.9 Å². The number of aryl methyl sites for hydroxylation is 2. The van der Waals surface area contributed by atoms with Gasteiger partial charge >= 0.3 is 0 Å². The van der Waals surface area contributed by atoms with E-state index < -0.39 is 0 Å². The molecule has 2 aromatic carbocycles. The molecule has 0 aliphatic carbocycles. The van der Waals surface area contributed by atoms with Crippen molar-refractivity contribution >= 4 is 21.7 Å². The third-order valence-electron chi connectivity index (χ3n) is 2.84. The minimum Gasteiger partial charge on any atom is -0.289 e. The molecule has 86 valence electrons. The van der Waals surface area contributed by atoms with Crippen LogP contribution in [0, 0.1) is 13.8 Å². The Bertz CT molecular complexity index is 553. The maximum atomic E-state index is 12.5. The van der Waals surface area contributed by atoms with Crippen molar-refractivity contribution in [2.24, 2.45) is 0 Å². The molecule has 0 amide bonds. The van der Waals surface area contributed by atoms with Crippen molar-refractivity contribution in [3.63, 3.8) is 0 Å². The molecule has 0 aliphatic rings. The van der Waals surface area contributed by atoms with Crippen LogP contribution in [0.3, 0.4) is 0 Å². The molecular weight excluding hydrogens is 276 g/mol. The van der Waals surface area contributed by atoms with Crippen molar-refractivity contribution < 1.29 is 4.79 Å². The van der Waals surface area contributed by atoms with E-state index in [1.807, 2.05) is 56.3 Å². The van der Waals surface area contributed by atoms with E-state index in [1.165, 1.54) is 0 Å². The standard InChI is InChI=1S/C15H13BrO/c1-10-6-3-4-8-12(10)15(17)14-11(2)7-5-9-13(14)16/h3-9H,1-2H3. The fraction of sp³-hybridized carbons (Fsp3) is 0.133. The largest absolute Gasteiger partial charge is 0.289 e. The Morgan fingerprint density at radius 3 is 2.24 bits per heavy atom. The van der Waals surface area contributed by atoms with Crippen LogP contribution in [0.25, 0.3) is 0 Å². The summed E-state index contributed by atoms with van der Waals surface area (Å²) in [6.07, 6.45) is 0. The zero-order valence-corrected chi connectivity index (χ0v) is 11.4. The molecule has 0 saturated heterocycles. The molecule has 1 nitrogen and oxygen atoms in total. The molecule has 0 radical (unpaired) electrons. The number of benzene rings is 2. The lowest BCUT2D eigenvalue weighted by atomic mass is 9.96. The Balaban J connectivity index is 2.56. The first-order valence-electron chi connectivity index (χ1n) is 5.46. The highest BCUT2D eigenvalue weighted by molar-refractivity contribution is 9.10. The Kier molecular flexibility index (Phi) is 3.43. The lowest BCUT2D eigenvalue weighted by molar-refractivity contribution is 0.103. The quantitative estimate of drug-likeness (QED) is 0.753. The van der Waals surface area contributed by atoms with E-state index in [0.717, 1.165) is 26.7 Å². The average Bonchev–Trinajstić information content (AvgIpc) is 2.29. The van der Waals surface area contributed by atoms with Crippen molar-refractivity contribution in [1.82, 2.24) is 0 Å². The molecule has 2 aromatic rings. The molecule has 2 heteroatoms. The zero-order valence-electron chi connectivity index (χ0n) is 9.83. The highest BCUT2D eigenvalue weighted by Gasteiger charge is 2.16. The lowest BCUT2D eigenvalue weighted by Crippen LogP contribution is -2.06. The van der Waals surface area contributed by atoms with Crippen molar-refractivity contribution in [1.29, 1.82) is 0 Å². The summed E-state index contributed by atoms with van der Waals surface area (Å²) in [6.45, 7) is 3.91. The van der Waals surface area contributed by atoms with E-state index in [2.05, 4.69) is 15.9 Å². The summed E-state index contributed by atoms with van der Waals surface area (Å²) >= 11 is 3.45. The highest BCUT2D eigenvalue weighted by Crippen LogP contribution is 2.24. The summed E-state index contributed by atoms with van der Waals surface area (Å²) in [5.41, 5.74) is 3.52. The van der Waals surface area contributed by atoms with Gasteiger partial charge in [0, 0.05) is 15.6 Å². The number of hydrogen-bond acceptors (Lipinski definition) is 1. The molecule has 0 aliphatic heterocycles. The fourth-order valence-corrected chi connectivity index (χ4v) is 2.53. The van der Waals surface area contributed by atoms with Gasteiger partial charge in [-0.15, -0.1) is 0 Å². The van der Waals surface area contributed by atoms with Crippen molar-refractivity contribution in [3.05, 3.63) is 69.2 Å². The Hall–Kier alpha value is -1.41. The van der Waals surface area contributed by atoms with E-state index >= 15 is 0 Å². The first-order chi connectivity index (χ1) is 8.11. The number of carbonyl (C=O) groups excluding carboxylic acids is 1. The monoisotopic (exact) mass is 288 g/mol. The summed E-state index contributed by atoms with van der Waals surface area (Å²) in [6, 6.07) is 13.5. The van der Waals surface area contributed by atoms with Crippen LogP contribution in [-0.2, 0) is 0 Å². The highest BCUT2D eigenvalue weighted by atomic mass is 79.9. The molecule has 17 heavy (non-hydrogen) atoms. The second kappa shape index (κ2) is 4.84. The minimum absolute atomic E-state index is 0.0769. The van der Waals surface area contributed by atoms with Gasteiger partial charge in [0.2, 0.25) is 0 Å². The molecule has 0 atom stereocenters. The molecular formula is C15H13BrO. The van der Waals surface area contributed by atoms with E-state index in [1.54, 1.807) is 0 Å². The maximum absolute atomic E-state index is 12.5.